The van der Waals surface area contributed by atoms with Gasteiger partial charge in [0.05, 0.1) is 16.9 Å². The van der Waals surface area contributed by atoms with E-state index in [0.29, 0.717) is 10.6 Å². The molecule has 1 heterocycles. The Morgan fingerprint density at radius 2 is 2.10 bits per heavy atom. The van der Waals surface area contributed by atoms with Gasteiger partial charge in [0, 0.05) is 11.3 Å². The number of rotatable bonds is 4. The molecule has 4 heteroatoms. The average molecular weight is 309 g/mol. The summed E-state index contributed by atoms with van der Waals surface area (Å²) in [4.78, 5) is 4.72. The zero-order valence-corrected chi connectivity index (χ0v) is 13.7. The molecule has 1 saturated carbocycles. The zero-order valence-electron chi connectivity index (χ0n) is 12.2. The number of fused-ring (bicyclic) bond motifs is 1. The third-order valence-electron chi connectivity index (χ3n) is 4.56. The highest BCUT2D eigenvalue weighted by Crippen LogP contribution is 2.42. The zero-order chi connectivity index (χ0) is 14.2. The number of thioether (sulfide) groups is 1. The van der Waals surface area contributed by atoms with Crippen molar-refractivity contribution in [3.05, 3.63) is 29.6 Å². The largest absolute Gasteiger partial charge is 0.325 e. The molecule has 1 aliphatic carbocycles. The van der Waals surface area contributed by atoms with E-state index in [1.165, 1.54) is 36.8 Å². The standard InChI is InChI=1S/C16H21ClN2S/c1-12-6-5-7-13-15(12)19(14(10-17)18-13)11-16(20-2)8-3-4-9-16/h5-7H,3-4,8-11H2,1-2H3. The molecule has 1 aromatic carbocycles. The molecule has 0 N–H and O–H groups in total. The van der Waals surface area contributed by atoms with Crippen LogP contribution < -0.4 is 0 Å². The number of benzene rings is 1. The molecule has 1 aliphatic rings. The van der Waals surface area contributed by atoms with Gasteiger partial charge in [0.2, 0.25) is 0 Å². The van der Waals surface area contributed by atoms with Gasteiger partial charge >= 0.3 is 0 Å². The molecule has 20 heavy (non-hydrogen) atoms. The summed E-state index contributed by atoms with van der Waals surface area (Å²) in [6, 6.07) is 6.33. The number of hydrogen-bond donors (Lipinski definition) is 0. The Kier molecular flexibility index (Phi) is 4.00. The second-order valence-corrected chi connectivity index (χ2v) is 7.33. The van der Waals surface area contributed by atoms with E-state index in [9.17, 15) is 0 Å². The molecule has 0 spiro atoms. The minimum absolute atomic E-state index is 0.372. The first-order valence-corrected chi connectivity index (χ1v) is 9.01. The number of para-hydroxylation sites is 1. The van der Waals surface area contributed by atoms with E-state index in [2.05, 4.69) is 35.9 Å². The normalized spacial score (nSPS) is 17.9. The van der Waals surface area contributed by atoms with E-state index in [1.54, 1.807) is 0 Å². The summed E-state index contributed by atoms with van der Waals surface area (Å²) < 4.78 is 2.75. The number of imidazole rings is 1. The maximum absolute atomic E-state index is 6.14. The highest BCUT2D eigenvalue weighted by Gasteiger charge is 2.34. The first-order chi connectivity index (χ1) is 9.69. The summed E-state index contributed by atoms with van der Waals surface area (Å²) in [6.45, 7) is 3.20. The molecule has 1 fully saturated rings. The van der Waals surface area contributed by atoms with Gasteiger partial charge in [-0.25, -0.2) is 4.98 Å². The van der Waals surface area contributed by atoms with Crippen LogP contribution in [-0.4, -0.2) is 20.6 Å². The van der Waals surface area contributed by atoms with Gasteiger partial charge < -0.3 is 4.57 Å². The Hall–Kier alpha value is -0.670. The molecule has 0 saturated heterocycles. The van der Waals surface area contributed by atoms with Crippen molar-refractivity contribution in [3.63, 3.8) is 0 Å². The topological polar surface area (TPSA) is 17.8 Å². The lowest BCUT2D eigenvalue weighted by atomic mass is 10.1. The minimum atomic E-state index is 0.372. The lowest BCUT2D eigenvalue weighted by Crippen LogP contribution is -2.27. The van der Waals surface area contributed by atoms with Crippen molar-refractivity contribution in [2.75, 3.05) is 6.26 Å². The maximum Gasteiger partial charge on any atom is 0.124 e. The van der Waals surface area contributed by atoms with Crippen LogP contribution >= 0.6 is 23.4 Å². The molecule has 0 atom stereocenters. The Morgan fingerprint density at radius 3 is 2.75 bits per heavy atom. The van der Waals surface area contributed by atoms with Gasteiger partial charge in [-0.3, -0.25) is 0 Å². The molecule has 3 rings (SSSR count). The molecule has 1 aromatic heterocycles. The van der Waals surface area contributed by atoms with Crippen LogP contribution in [0.25, 0.3) is 11.0 Å². The van der Waals surface area contributed by atoms with E-state index in [-0.39, 0.29) is 0 Å². The van der Waals surface area contributed by atoms with Gasteiger partial charge in [-0.15, -0.1) is 11.6 Å². The predicted molar refractivity (Wildman–Crippen MR) is 88.7 cm³/mol. The Labute approximate surface area is 129 Å². The smallest absolute Gasteiger partial charge is 0.124 e. The van der Waals surface area contributed by atoms with Gasteiger partial charge in [0.1, 0.15) is 5.82 Å². The third-order valence-corrected chi connectivity index (χ3v) is 6.20. The fourth-order valence-corrected chi connectivity index (χ4v) is 4.58. The van der Waals surface area contributed by atoms with Crippen LogP contribution in [0, 0.1) is 6.92 Å². The average Bonchev–Trinajstić information content (AvgIpc) is 3.05. The highest BCUT2D eigenvalue weighted by atomic mass is 35.5. The van der Waals surface area contributed by atoms with Crippen LogP contribution in [0.5, 0.6) is 0 Å². The molecule has 0 aliphatic heterocycles. The minimum Gasteiger partial charge on any atom is -0.325 e. The second kappa shape index (κ2) is 5.61. The fourth-order valence-electron chi connectivity index (χ4n) is 3.42. The number of aromatic nitrogens is 2. The SMILES string of the molecule is CSC1(Cn2c(CCl)nc3cccc(C)c32)CCCC1. The lowest BCUT2D eigenvalue weighted by molar-refractivity contribution is 0.505. The van der Waals surface area contributed by atoms with E-state index >= 15 is 0 Å². The van der Waals surface area contributed by atoms with Crippen molar-refractivity contribution in [1.29, 1.82) is 0 Å². The van der Waals surface area contributed by atoms with Gasteiger partial charge in [-0.2, -0.15) is 11.8 Å². The van der Waals surface area contributed by atoms with Crippen LogP contribution in [0.1, 0.15) is 37.1 Å². The molecule has 2 nitrogen and oxygen atoms in total. The molecule has 0 bridgehead atoms. The van der Waals surface area contributed by atoms with Gasteiger partial charge in [-0.1, -0.05) is 25.0 Å². The van der Waals surface area contributed by atoms with Crippen LogP contribution in [0.15, 0.2) is 18.2 Å². The highest BCUT2D eigenvalue weighted by molar-refractivity contribution is 8.00. The number of hydrogen-bond acceptors (Lipinski definition) is 2. The number of alkyl halides is 1. The first kappa shape index (κ1) is 14.3. The number of halogens is 1. The molecule has 0 unspecified atom stereocenters. The maximum atomic E-state index is 6.14. The summed E-state index contributed by atoms with van der Waals surface area (Å²) in [5.41, 5.74) is 3.64. The lowest BCUT2D eigenvalue weighted by Gasteiger charge is -2.28. The molecule has 0 amide bonds. The van der Waals surface area contributed by atoms with Gasteiger partial charge in [0.25, 0.3) is 0 Å². The molecule has 0 radical (unpaired) electrons. The monoisotopic (exact) mass is 308 g/mol. The van der Waals surface area contributed by atoms with E-state index < -0.39 is 0 Å². The first-order valence-electron chi connectivity index (χ1n) is 7.25. The van der Waals surface area contributed by atoms with E-state index in [0.717, 1.165) is 17.9 Å². The summed E-state index contributed by atoms with van der Waals surface area (Å²) in [6.07, 6.45) is 7.56. The Morgan fingerprint density at radius 1 is 1.35 bits per heavy atom. The van der Waals surface area contributed by atoms with Gasteiger partial charge in [-0.05, 0) is 37.7 Å². The molecular weight excluding hydrogens is 288 g/mol. The quantitative estimate of drug-likeness (QED) is 0.758. The van der Waals surface area contributed by atoms with Crippen LogP contribution in [0.4, 0.5) is 0 Å². The van der Waals surface area contributed by atoms with Crippen LogP contribution in [0.3, 0.4) is 0 Å². The third kappa shape index (κ3) is 2.35. The summed E-state index contributed by atoms with van der Waals surface area (Å²) in [5, 5.41) is 0. The predicted octanol–water partition coefficient (Wildman–Crippen LogP) is 4.76. The van der Waals surface area contributed by atoms with Crippen molar-refractivity contribution in [1.82, 2.24) is 9.55 Å². The van der Waals surface area contributed by atoms with Crippen LogP contribution in [-0.2, 0) is 12.4 Å². The molecule has 2 aromatic rings. The van der Waals surface area contributed by atoms with Crippen LogP contribution in [0.2, 0.25) is 0 Å². The second-order valence-electron chi connectivity index (χ2n) is 5.78. The van der Waals surface area contributed by atoms with Crippen molar-refractivity contribution < 1.29 is 0 Å². The number of nitrogens with zero attached hydrogens (tertiary/aromatic N) is 2. The molecular formula is C16H21ClN2S. The van der Waals surface area contributed by atoms with E-state index in [4.69, 9.17) is 16.6 Å². The number of aryl methyl sites for hydroxylation is 1. The Balaban J connectivity index is 2.09. The summed E-state index contributed by atoms with van der Waals surface area (Å²) >= 11 is 8.16. The Bertz CT molecular complexity index is 614. The van der Waals surface area contributed by atoms with Crippen molar-refractivity contribution in [2.45, 2.75) is 49.8 Å². The fraction of sp³-hybridized carbons (Fsp3) is 0.562. The van der Waals surface area contributed by atoms with Gasteiger partial charge in [0.15, 0.2) is 0 Å². The van der Waals surface area contributed by atoms with Crippen molar-refractivity contribution >= 4 is 34.4 Å². The summed E-state index contributed by atoms with van der Waals surface area (Å²) in [7, 11) is 0. The molecule has 108 valence electrons. The van der Waals surface area contributed by atoms with E-state index in [1.807, 2.05) is 11.8 Å². The summed E-state index contributed by atoms with van der Waals surface area (Å²) in [5.74, 6) is 1.50. The van der Waals surface area contributed by atoms with Crippen molar-refractivity contribution in [3.8, 4) is 0 Å². The van der Waals surface area contributed by atoms with Crippen molar-refractivity contribution in [2.24, 2.45) is 0 Å².